The van der Waals surface area contributed by atoms with Gasteiger partial charge in [0.15, 0.2) is 0 Å². The molecule has 1 aromatic heterocycles. The standard InChI is InChI=1S/C18H28N4OS/c1-8-10-13(3)20-11-21(16-14(4)15(9-2)19-24-16)17(23)22(12-20)18(5,6)7/h13H,9,11-12H2,1-7H3. The van der Waals surface area contributed by atoms with Gasteiger partial charge < -0.3 is 4.90 Å². The second kappa shape index (κ2) is 7.12. The average Bonchev–Trinajstić information content (AvgIpc) is 2.87. The van der Waals surface area contributed by atoms with Gasteiger partial charge in [0.2, 0.25) is 0 Å². The van der Waals surface area contributed by atoms with E-state index in [4.69, 9.17) is 0 Å². The minimum Gasteiger partial charge on any atom is -0.306 e. The number of hydrogen-bond donors (Lipinski definition) is 0. The Morgan fingerprint density at radius 1 is 1.33 bits per heavy atom. The number of amides is 2. The topological polar surface area (TPSA) is 39.7 Å². The molecule has 0 bridgehead atoms. The van der Waals surface area contributed by atoms with Crippen LogP contribution in [0, 0.1) is 18.8 Å². The highest BCUT2D eigenvalue weighted by Gasteiger charge is 2.39. The van der Waals surface area contributed by atoms with Crippen molar-refractivity contribution in [3.63, 3.8) is 0 Å². The molecule has 24 heavy (non-hydrogen) atoms. The molecule has 1 aromatic rings. The number of aromatic nitrogens is 1. The van der Waals surface area contributed by atoms with Crippen LogP contribution in [0.3, 0.4) is 0 Å². The molecule has 0 radical (unpaired) electrons. The van der Waals surface area contributed by atoms with Crippen molar-refractivity contribution in [3.05, 3.63) is 11.3 Å². The molecule has 1 aliphatic rings. The number of anilines is 1. The van der Waals surface area contributed by atoms with E-state index in [0.29, 0.717) is 13.3 Å². The summed E-state index contributed by atoms with van der Waals surface area (Å²) < 4.78 is 4.52. The lowest BCUT2D eigenvalue weighted by molar-refractivity contribution is 0.0554. The van der Waals surface area contributed by atoms with E-state index in [1.165, 1.54) is 11.5 Å². The highest BCUT2D eigenvalue weighted by atomic mass is 32.1. The molecule has 1 saturated heterocycles. The summed E-state index contributed by atoms with van der Waals surface area (Å²) in [5.74, 6) is 6.19. The van der Waals surface area contributed by atoms with Gasteiger partial charge in [-0.25, -0.2) is 4.79 Å². The highest BCUT2D eigenvalue weighted by Crippen LogP contribution is 2.33. The number of carbonyl (C=O) groups is 1. The fourth-order valence-electron chi connectivity index (χ4n) is 2.81. The molecular formula is C18H28N4OS. The number of carbonyl (C=O) groups excluding carboxylic acids is 1. The van der Waals surface area contributed by atoms with Crippen LogP contribution in [0.4, 0.5) is 9.80 Å². The first-order valence-electron chi connectivity index (χ1n) is 8.41. The summed E-state index contributed by atoms with van der Waals surface area (Å²) in [6.07, 6.45) is 0.884. The van der Waals surface area contributed by atoms with Gasteiger partial charge in [0.05, 0.1) is 25.1 Å². The molecule has 0 spiro atoms. The van der Waals surface area contributed by atoms with Crippen LogP contribution in [-0.2, 0) is 6.42 Å². The van der Waals surface area contributed by atoms with Gasteiger partial charge in [-0.1, -0.05) is 12.8 Å². The molecule has 2 heterocycles. The number of nitrogens with zero attached hydrogens (tertiary/aromatic N) is 4. The summed E-state index contributed by atoms with van der Waals surface area (Å²) in [5, 5.41) is 0.951. The van der Waals surface area contributed by atoms with Crippen LogP contribution in [-0.4, -0.2) is 45.1 Å². The van der Waals surface area contributed by atoms with Gasteiger partial charge in [0.25, 0.3) is 0 Å². The first kappa shape index (κ1) is 18.8. The van der Waals surface area contributed by atoms with Crippen LogP contribution >= 0.6 is 11.5 Å². The average molecular weight is 349 g/mol. The highest BCUT2D eigenvalue weighted by molar-refractivity contribution is 7.10. The number of urea groups is 1. The van der Waals surface area contributed by atoms with Crippen molar-refractivity contribution in [3.8, 4) is 11.8 Å². The Balaban J connectivity index is 2.41. The zero-order valence-electron chi connectivity index (χ0n) is 15.8. The van der Waals surface area contributed by atoms with Crippen molar-refractivity contribution in [1.29, 1.82) is 0 Å². The van der Waals surface area contributed by atoms with Crippen molar-refractivity contribution in [2.24, 2.45) is 0 Å². The first-order chi connectivity index (χ1) is 11.2. The lowest BCUT2D eigenvalue weighted by Gasteiger charge is -2.48. The Hall–Kier alpha value is -1.58. The van der Waals surface area contributed by atoms with Crippen LogP contribution in [0.15, 0.2) is 0 Å². The van der Waals surface area contributed by atoms with E-state index >= 15 is 0 Å². The molecule has 0 N–H and O–H groups in total. The fourth-order valence-corrected chi connectivity index (χ4v) is 3.76. The molecule has 5 nitrogen and oxygen atoms in total. The maximum absolute atomic E-state index is 13.1. The van der Waals surface area contributed by atoms with Crippen molar-refractivity contribution < 1.29 is 4.79 Å². The summed E-state index contributed by atoms with van der Waals surface area (Å²) in [7, 11) is 0. The zero-order chi connectivity index (χ0) is 18.1. The number of hydrogen-bond acceptors (Lipinski definition) is 4. The molecule has 0 aliphatic carbocycles. The van der Waals surface area contributed by atoms with Crippen LogP contribution in [0.5, 0.6) is 0 Å². The molecule has 1 aliphatic heterocycles. The van der Waals surface area contributed by atoms with E-state index in [9.17, 15) is 4.79 Å². The van der Waals surface area contributed by atoms with Gasteiger partial charge in [-0.2, -0.15) is 4.37 Å². The Morgan fingerprint density at radius 3 is 2.50 bits per heavy atom. The Bertz CT molecular complexity index is 665. The second-order valence-electron chi connectivity index (χ2n) is 7.16. The Morgan fingerprint density at radius 2 is 2.00 bits per heavy atom. The first-order valence-corrected chi connectivity index (χ1v) is 9.18. The van der Waals surface area contributed by atoms with Crippen molar-refractivity contribution in [2.75, 3.05) is 18.2 Å². The summed E-state index contributed by atoms with van der Waals surface area (Å²) in [6, 6.07) is 0.138. The molecule has 2 amide bonds. The third-order valence-corrected chi connectivity index (χ3v) is 5.41. The normalized spacial score (nSPS) is 17.7. The third kappa shape index (κ3) is 3.57. The predicted molar refractivity (Wildman–Crippen MR) is 100 cm³/mol. The fraction of sp³-hybridized carbons (Fsp3) is 0.667. The largest absolute Gasteiger partial charge is 0.327 e. The van der Waals surface area contributed by atoms with E-state index in [0.717, 1.165) is 22.7 Å². The third-order valence-electron chi connectivity index (χ3n) is 4.39. The van der Waals surface area contributed by atoms with Gasteiger partial charge in [0.1, 0.15) is 5.00 Å². The Labute approximate surface area is 149 Å². The van der Waals surface area contributed by atoms with Crippen LogP contribution < -0.4 is 4.90 Å². The molecule has 1 atom stereocenters. The van der Waals surface area contributed by atoms with Gasteiger partial charge in [0, 0.05) is 11.1 Å². The quantitative estimate of drug-likeness (QED) is 0.782. The van der Waals surface area contributed by atoms with Crippen LogP contribution in [0.1, 0.15) is 52.8 Å². The van der Waals surface area contributed by atoms with E-state index < -0.39 is 0 Å². The lowest BCUT2D eigenvalue weighted by atomic mass is 10.1. The van der Waals surface area contributed by atoms with Gasteiger partial charge in [-0.15, -0.1) is 5.92 Å². The molecule has 0 saturated carbocycles. The molecule has 2 rings (SSSR count). The monoisotopic (exact) mass is 348 g/mol. The molecular weight excluding hydrogens is 320 g/mol. The van der Waals surface area contributed by atoms with Crippen molar-refractivity contribution >= 4 is 22.6 Å². The van der Waals surface area contributed by atoms with E-state index in [-0.39, 0.29) is 17.6 Å². The van der Waals surface area contributed by atoms with E-state index in [1.54, 1.807) is 0 Å². The second-order valence-corrected chi connectivity index (χ2v) is 7.92. The van der Waals surface area contributed by atoms with Gasteiger partial charge in [-0.3, -0.25) is 9.80 Å². The smallest absolute Gasteiger partial charge is 0.306 e. The SMILES string of the molecule is CC#CC(C)N1CN(c2snc(CC)c2C)C(=O)N(C(C)(C)C)C1. The van der Waals surface area contributed by atoms with E-state index in [1.807, 2.05) is 16.7 Å². The zero-order valence-corrected chi connectivity index (χ0v) is 16.6. The lowest BCUT2D eigenvalue weighted by Crippen LogP contribution is -2.64. The maximum Gasteiger partial charge on any atom is 0.327 e. The maximum atomic E-state index is 13.1. The molecule has 132 valence electrons. The minimum absolute atomic E-state index is 0.0461. The van der Waals surface area contributed by atoms with Gasteiger partial charge >= 0.3 is 6.03 Å². The molecule has 6 heteroatoms. The summed E-state index contributed by atoms with van der Waals surface area (Å²) in [5.41, 5.74) is 1.93. The van der Waals surface area contributed by atoms with Crippen molar-refractivity contribution in [1.82, 2.24) is 14.2 Å². The Kier molecular flexibility index (Phi) is 5.56. The minimum atomic E-state index is -0.250. The van der Waals surface area contributed by atoms with Gasteiger partial charge in [-0.05, 0) is 59.5 Å². The molecule has 1 unspecified atom stereocenters. The summed E-state index contributed by atoms with van der Waals surface area (Å²) in [6.45, 7) is 15.4. The number of aryl methyl sites for hydroxylation is 1. The van der Waals surface area contributed by atoms with Crippen LogP contribution in [0.25, 0.3) is 0 Å². The molecule has 0 aromatic carbocycles. The van der Waals surface area contributed by atoms with Crippen LogP contribution in [0.2, 0.25) is 0 Å². The number of rotatable bonds is 3. The summed E-state index contributed by atoms with van der Waals surface area (Å²) >= 11 is 1.42. The predicted octanol–water partition coefficient (Wildman–Crippen LogP) is 3.68. The summed E-state index contributed by atoms with van der Waals surface area (Å²) in [4.78, 5) is 19.1. The van der Waals surface area contributed by atoms with E-state index in [2.05, 4.69) is 62.7 Å². The van der Waals surface area contributed by atoms with Crippen molar-refractivity contribution in [2.45, 2.75) is 66.5 Å². The molecule has 1 fully saturated rings.